The van der Waals surface area contributed by atoms with Crippen molar-refractivity contribution in [2.45, 2.75) is 45.8 Å². The Morgan fingerprint density at radius 2 is 1.94 bits per heavy atom. The van der Waals surface area contributed by atoms with Gasteiger partial charge in [0, 0.05) is 31.0 Å². The van der Waals surface area contributed by atoms with Crippen molar-refractivity contribution in [3.8, 4) is 17.6 Å². The van der Waals surface area contributed by atoms with E-state index in [2.05, 4.69) is 48.3 Å². The highest BCUT2D eigenvalue weighted by Gasteiger charge is 2.25. The SMILES string of the molecule is CCc1cnc(N2CCC(n3ncc(COc4ccc(-n5ccnn5)nc4C)c3C#N)CC2)nc1. The second-order valence-corrected chi connectivity index (χ2v) is 8.43. The normalized spacial score (nSPS) is 14.1. The molecule has 5 rings (SSSR count). The van der Waals surface area contributed by atoms with E-state index in [4.69, 9.17) is 4.74 Å². The smallest absolute Gasteiger partial charge is 0.225 e. The second kappa shape index (κ2) is 9.89. The lowest BCUT2D eigenvalue weighted by atomic mass is 10.1. The van der Waals surface area contributed by atoms with E-state index >= 15 is 0 Å². The second-order valence-electron chi connectivity index (χ2n) is 8.43. The molecule has 0 bridgehead atoms. The lowest BCUT2D eigenvalue weighted by Gasteiger charge is -2.32. The molecule has 1 fully saturated rings. The summed E-state index contributed by atoms with van der Waals surface area (Å²) in [5.74, 6) is 2.07. The number of anilines is 1. The number of hydrogen-bond donors (Lipinski definition) is 0. The highest BCUT2D eigenvalue weighted by Crippen LogP contribution is 2.27. The Labute approximate surface area is 203 Å². The molecule has 4 aromatic heterocycles. The van der Waals surface area contributed by atoms with Crippen LogP contribution in [0.3, 0.4) is 0 Å². The van der Waals surface area contributed by atoms with E-state index in [1.54, 1.807) is 23.3 Å². The van der Waals surface area contributed by atoms with Crippen LogP contribution in [-0.4, -0.2) is 52.8 Å². The molecule has 0 saturated carbocycles. The van der Waals surface area contributed by atoms with E-state index in [9.17, 15) is 5.26 Å². The van der Waals surface area contributed by atoms with Gasteiger partial charge in [0.25, 0.3) is 0 Å². The molecule has 178 valence electrons. The molecule has 0 spiro atoms. The molecular weight excluding hydrogens is 444 g/mol. The van der Waals surface area contributed by atoms with Crippen molar-refractivity contribution in [3.63, 3.8) is 0 Å². The van der Waals surface area contributed by atoms with Gasteiger partial charge in [0.2, 0.25) is 5.95 Å². The van der Waals surface area contributed by atoms with E-state index in [1.165, 1.54) is 0 Å². The average molecular weight is 471 g/mol. The third-order valence-electron chi connectivity index (χ3n) is 6.23. The zero-order chi connectivity index (χ0) is 24.2. The fraction of sp³-hybridized carbons (Fsp3) is 0.375. The van der Waals surface area contributed by atoms with Crippen LogP contribution < -0.4 is 9.64 Å². The van der Waals surface area contributed by atoms with Gasteiger partial charge in [-0.1, -0.05) is 12.1 Å². The van der Waals surface area contributed by atoms with Crippen molar-refractivity contribution in [2.24, 2.45) is 0 Å². The van der Waals surface area contributed by atoms with Crippen molar-refractivity contribution in [1.29, 1.82) is 5.26 Å². The van der Waals surface area contributed by atoms with Crippen LogP contribution in [0.4, 0.5) is 5.95 Å². The summed E-state index contributed by atoms with van der Waals surface area (Å²) in [5.41, 5.74) is 3.15. The Morgan fingerprint density at radius 3 is 2.60 bits per heavy atom. The summed E-state index contributed by atoms with van der Waals surface area (Å²) in [6, 6.07) is 6.14. The minimum Gasteiger partial charge on any atom is -0.487 e. The number of hydrogen-bond acceptors (Lipinski definition) is 9. The maximum atomic E-state index is 9.87. The molecule has 11 nitrogen and oxygen atoms in total. The lowest BCUT2D eigenvalue weighted by molar-refractivity contribution is 0.301. The van der Waals surface area contributed by atoms with Crippen LogP contribution in [-0.2, 0) is 13.0 Å². The van der Waals surface area contributed by atoms with Crippen molar-refractivity contribution in [1.82, 2.24) is 39.7 Å². The van der Waals surface area contributed by atoms with Crippen LogP contribution >= 0.6 is 0 Å². The van der Waals surface area contributed by atoms with Crippen LogP contribution in [0.1, 0.15) is 48.3 Å². The van der Waals surface area contributed by atoms with Crippen molar-refractivity contribution >= 4 is 5.95 Å². The number of nitrogens with zero attached hydrogens (tertiary/aromatic N) is 10. The number of nitriles is 1. The third-order valence-corrected chi connectivity index (χ3v) is 6.23. The van der Waals surface area contributed by atoms with Crippen molar-refractivity contribution in [3.05, 3.63) is 65.6 Å². The maximum absolute atomic E-state index is 9.87. The molecule has 1 aliphatic rings. The van der Waals surface area contributed by atoms with E-state index < -0.39 is 0 Å². The Morgan fingerprint density at radius 1 is 1.14 bits per heavy atom. The number of rotatable bonds is 7. The number of pyridine rings is 1. The number of aryl methyl sites for hydroxylation is 2. The highest BCUT2D eigenvalue weighted by atomic mass is 16.5. The van der Waals surface area contributed by atoms with E-state index in [0.29, 0.717) is 17.3 Å². The predicted octanol–water partition coefficient (Wildman–Crippen LogP) is 2.81. The molecule has 4 aromatic rings. The van der Waals surface area contributed by atoms with Gasteiger partial charge in [0.15, 0.2) is 5.82 Å². The first-order valence-electron chi connectivity index (χ1n) is 11.7. The summed E-state index contributed by atoms with van der Waals surface area (Å²) in [6.07, 6.45) is 11.5. The van der Waals surface area contributed by atoms with Gasteiger partial charge in [0.1, 0.15) is 24.1 Å². The Hall–Kier alpha value is -4.33. The maximum Gasteiger partial charge on any atom is 0.225 e. The summed E-state index contributed by atoms with van der Waals surface area (Å²) in [4.78, 5) is 15.7. The zero-order valence-corrected chi connectivity index (χ0v) is 19.7. The summed E-state index contributed by atoms with van der Waals surface area (Å²) in [7, 11) is 0. The third kappa shape index (κ3) is 4.68. The average Bonchev–Trinajstić information content (AvgIpc) is 3.58. The van der Waals surface area contributed by atoms with Gasteiger partial charge in [0.05, 0.1) is 30.3 Å². The monoisotopic (exact) mass is 470 g/mol. The van der Waals surface area contributed by atoms with Crippen LogP contribution in [0, 0.1) is 18.3 Å². The Kier molecular flexibility index (Phi) is 6.34. The number of aromatic nitrogens is 8. The van der Waals surface area contributed by atoms with Crippen molar-refractivity contribution in [2.75, 3.05) is 18.0 Å². The summed E-state index contributed by atoms with van der Waals surface area (Å²) in [6.45, 7) is 5.84. The molecule has 1 saturated heterocycles. The number of piperidine rings is 1. The van der Waals surface area contributed by atoms with Gasteiger partial charge in [-0.05, 0) is 43.9 Å². The van der Waals surface area contributed by atoms with E-state index in [-0.39, 0.29) is 12.6 Å². The first-order valence-corrected chi connectivity index (χ1v) is 11.7. The van der Waals surface area contributed by atoms with Crippen LogP contribution in [0.2, 0.25) is 0 Å². The van der Waals surface area contributed by atoms with E-state index in [1.807, 2.05) is 36.1 Å². The molecule has 1 aliphatic heterocycles. The van der Waals surface area contributed by atoms with Gasteiger partial charge in [-0.15, -0.1) is 5.10 Å². The van der Waals surface area contributed by atoms with Gasteiger partial charge in [-0.25, -0.2) is 19.6 Å². The molecular formula is C24H26N10O. The van der Waals surface area contributed by atoms with Crippen LogP contribution in [0.25, 0.3) is 5.82 Å². The lowest BCUT2D eigenvalue weighted by Crippen LogP contribution is -2.36. The number of ether oxygens (including phenoxy) is 1. The molecule has 0 aliphatic carbocycles. The summed E-state index contributed by atoms with van der Waals surface area (Å²) in [5, 5.41) is 22.2. The van der Waals surface area contributed by atoms with Crippen LogP contribution in [0.5, 0.6) is 5.75 Å². The molecule has 0 N–H and O–H groups in total. The van der Waals surface area contributed by atoms with Gasteiger partial charge in [-0.3, -0.25) is 4.68 Å². The van der Waals surface area contributed by atoms with Crippen LogP contribution in [0.15, 0.2) is 43.1 Å². The summed E-state index contributed by atoms with van der Waals surface area (Å²) >= 11 is 0. The summed E-state index contributed by atoms with van der Waals surface area (Å²) < 4.78 is 9.43. The minimum atomic E-state index is 0.148. The first kappa shape index (κ1) is 22.5. The quantitative estimate of drug-likeness (QED) is 0.401. The first-order chi connectivity index (χ1) is 17.2. The Balaban J connectivity index is 1.23. The van der Waals surface area contributed by atoms with Crippen molar-refractivity contribution < 1.29 is 4.74 Å². The minimum absolute atomic E-state index is 0.148. The molecule has 11 heteroatoms. The largest absolute Gasteiger partial charge is 0.487 e. The molecule has 5 heterocycles. The molecule has 0 radical (unpaired) electrons. The van der Waals surface area contributed by atoms with Gasteiger partial charge in [-0.2, -0.15) is 10.4 Å². The van der Waals surface area contributed by atoms with Gasteiger partial charge >= 0.3 is 0 Å². The standard InChI is InChI=1S/C24H26N10O/c1-3-18-13-26-24(27-14-18)32-9-6-20(7-10-32)34-21(12-25)19(15-29-34)16-35-22-4-5-23(30-17(22)2)33-11-8-28-31-33/h4-5,8,11,13-15,20H,3,6-7,9-10,16H2,1-2H3. The van der Waals surface area contributed by atoms with Gasteiger partial charge < -0.3 is 9.64 Å². The molecule has 0 unspecified atom stereocenters. The molecule has 0 amide bonds. The Bertz CT molecular complexity index is 1320. The molecule has 35 heavy (non-hydrogen) atoms. The fourth-order valence-corrected chi connectivity index (χ4v) is 4.21. The highest BCUT2D eigenvalue weighted by molar-refractivity contribution is 5.36. The zero-order valence-electron chi connectivity index (χ0n) is 19.7. The predicted molar refractivity (Wildman–Crippen MR) is 127 cm³/mol. The topological polar surface area (TPSA) is 123 Å². The fourth-order valence-electron chi connectivity index (χ4n) is 4.21. The molecule has 0 aromatic carbocycles. The van der Waals surface area contributed by atoms with E-state index in [0.717, 1.165) is 55.1 Å². The molecule has 0 atom stereocenters.